The summed E-state index contributed by atoms with van der Waals surface area (Å²) in [6.45, 7) is 4.68. The Morgan fingerprint density at radius 2 is 2.00 bits per heavy atom. The molecule has 5 heteroatoms. The van der Waals surface area contributed by atoms with E-state index in [1.54, 1.807) is 17.0 Å². The van der Waals surface area contributed by atoms with Crippen LogP contribution in [-0.4, -0.2) is 46.9 Å². The van der Waals surface area contributed by atoms with Crippen molar-refractivity contribution in [3.8, 4) is 5.75 Å². The van der Waals surface area contributed by atoms with Crippen molar-refractivity contribution in [2.45, 2.75) is 26.3 Å². The van der Waals surface area contributed by atoms with E-state index in [4.69, 9.17) is 5.11 Å². The third kappa shape index (κ3) is 5.18. The van der Waals surface area contributed by atoms with Gasteiger partial charge >= 0.3 is 6.03 Å². The van der Waals surface area contributed by atoms with E-state index in [-0.39, 0.29) is 24.4 Å². The molecule has 1 unspecified atom stereocenters. The molecule has 0 saturated carbocycles. The van der Waals surface area contributed by atoms with E-state index in [2.05, 4.69) is 5.32 Å². The Hall–Kier alpha value is -1.75. The molecule has 1 aromatic rings. The van der Waals surface area contributed by atoms with E-state index >= 15 is 0 Å². The zero-order valence-electron chi connectivity index (χ0n) is 11.5. The molecule has 0 fully saturated rings. The number of amides is 2. The quantitative estimate of drug-likeness (QED) is 0.727. The molecule has 0 aliphatic heterocycles. The Morgan fingerprint density at radius 3 is 2.53 bits per heavy atom. The summed E-state index contributed by atoms with van der Waals surface area (Å²) in [5.41, 5.74) is 1.05. The van der Waals surface area contributed by atoms with E-state index in [0.717, 1.165) is 5.56 Å². The van der Waals surface area contributed by atoms with Crippen LogP contribution in [0.5, 0.6) is 5.75 Å². The van der Waals surface area contributed by atoms with Gasteiger partial charge in [-0.25, -0.2) is 4.79 Å². The number of benzene rings is 1. The average molecular weight is 266 g/mol. The molecule has 1 aromatic carbocycles. The summed E-state index contributed by atoms with van der Waals surface area (Å²) in [5.74, 6) is 0.237. The molecule has 0 aliphatic carbocycles. The van der Waals surface area contributed by atoms with Crippen molar-refractivity contribution in [1.29, 1.82) is 0 Å². The summed E-state index contributed by atoms with van der Waals surface area (Å²) >= 11 is 0. The summed E-state index contributed by atoms with van der Waals surface area (Å²) < 4.78 is 0. The van der Waals surface area contributed by atoms with Crippen molar-refractivity contribution in [2.75, 3.05) is 19.7 Å². The molecule has 1 rings (SSSR count). The van der Waals surface area contributed by atoms with Gasteiger partial charge in [0, 0.05) is 19.1 Å². The van der Waals surface area contributed by atoms with Crippen LogP contribution in [0.1, 0.15) is 19.4 Å². The SMILES string of the molecule is CCN(CCO)C(=O)NC(C)Cc1ccc(O)cc1. The van der Waals surface area contributed by atoms with E-state index in [1.807, 2.05) is 26.0 Å². The number of aromatic hydroxyl groups is 1. The van der Waals surface area contributed by atoms with Gasteiger partial charge in [0.2, 0.25) is 0 Å². The first-order chi connectivity index (χ1) is 9.06. The monoisotopic (exact) mass is 266 g/mol. The maximum absolute atomic E-state index is 11.9. The highest BCUT2D eigenvalue weighted by Crippen LogP contribution is 2.11. The van der Waals surface area contributed by atoms with Gasteiger partial charge in [0.25, 0.3) is 0 Å². The molecule has 3 N–H and O–H groups in total. The number of hydrogen-bond donors (Lipinski definition) is 3. The molecule has 19 heavy (non-hydrogen) atoms. The first-order valence-electron chi connectivity index (χ1n) is 6.51. The fourth-order valence-corrected chi connectivity index (χ4v) is 1.86. The van der Waals surface area contributed by atoms with Gasteiger partial charge in [-0.1, -0.05) is 12.1 Å². The molecular weight excluding hydrogens is 244 g/mol. The van der Waals surface area contributed by atoms with Crippen LogP contribution in [0.3, 0.4) is 0 Å². The van der Waals surface area contributed by atoms with E-state index in [9.17, 15) is 9.90 Å². The van der Waals surface area contributed by atoms with Crippen LogP contribution in [0.15, 0.2) is 24.3 Å². The Morgan fingerprint density at radius 1 is 1.37 bits per heavy atom. The van der Waals surface area contributed by atoms with E-state index < -0.39 is 0 Å². The third-order valence-electron chi connectivity index (χ3n) is 2.89. The Labute approximate surface area is 113 Å². The number of rotatable bonds is 6. The summed E-state index contributed by atoms with van der Waals surface area (Å²) in [6.07, 6.45) is 0.697. The number of phenolic OH excluding ortho intramolecular Hbond substituents is 1. The van der Waals surface area contributed by atoms with Gasteiger partial charge in [0.1, 0.15) is 5.75 Å². The third-order valence-corrected chi connectivity index (χ3v) is 2.89. The maximum atomic E-state index is 11.9. The minimum atomic E-state index is -0.164. The van der Waals surface area contributed by atoms with Gasteiger partial charge in [-0.3, -0.25) is 0 Å². The number of likely N-dealkylation sites (N-methyl/N-ethyl adjacent to an activating group) is 1. The first-order valence-corrected chi connectivity index (χ1v) is 6.51. The van der Waals surface area contributed by atoms with Crippen LogP contribution in [0.4, 0.5) is 4.79 Å². The number of nitrogens with one attached hydrogen (secondary N) is 1. The van der Waals surface area contributed by atoms with Crippen LogP contribution in [0.25, 0.3) is 0 Å². The van der Waals surface area contributed by atoms with Gasteiger partial charge in [-0.15, -0.1) is 0 Å². The predicted molar refractivity (Wildman–Crippen MR) is 74.1 cm³/mol. The molecule has 106 valence electrons. The highest BCUT2D eigenvalue weighted by atomic mass is 16.3. The molecule has 0 spiro atoms. The van der Waals surface area contributed by atoms with Crippen molar-refractivity contribution in [1.82, 2.24) is 10.2 Å². The van der Waals surface area contributed by atoms with Crippen LogP contribution in [0.2, 0.25) is 0 Å². The molecule has 5 nitrogen and oxygen atoms in total. The highest BCUT2D eigenvalue weighted by molar-refractivity contribution is 5.74. The van der Waals surface area contributed by atoms with Crippen molar-refractivity contribution >= 4 is 6.03 Å². The molecule has 0 aromatic heterocycles. The van der Waals surface area contributed by atoms with E-state index in [1.165, 1.54) is 0 Å². The molecule has 0 radical (unpaired) electrons. The molecular formula is C14H22N2O3. The Kier molecular flexibility index (Phi) is 6.15. The topological polar surface area (TPSA) is 72.8 Å². The molecule has 0 heterocycles. The van der Waals surface area contributed by atoms with Crippen LogP contribution in [0, 0.1) is 0 Å². The van der Waals surface area contributed by atoms with Crippen LogP contribution < -0.4 is 5.32 Å². The molecule has 0 bridgehead atoms. The number of urea groups is 1. The lowest BCUT2D eigenvalue weighted by Crippen LogP contribution is -2.45. The second-order valence-corrected chi connectivity index (χ2v) is 4.52. The zero-order valence-corrected chi connectivity index (χ0v) is 11.5. The lowest BCUT2D eigenvalue weighted by molar-refractivity contribution is 0.177. The number of carbonyl (C=O) groups is 1. The van der Waals surface area contributed by atoms with Crippen molar-refractivity contribution < 1.29 is 15.0 Å². The van der Waals surface area contributed by atoms with Crippen LogP contribution >= 0.6 is 0 Å². The second kappa shape index (κ2) is 7.63. The predicted octanol–water partition coefficient (Wildman–Crippen LogP) is 1.35. The number of hydrogen-bond acceptors (Lipinski definition) is 3. The van der Waals surface area contributed by atoms with Crippen LogP contribution in [-0.2, 0) is 6.42 Å². The molecule has 0 saturated heterocycles. The van der Waals surface area contributed by atoms with E-state index in [0.29, 0.717) is 19.5 Å². The van der Waals surface area contributed by atoms with Gasteiger partial charge in [0.15, 0.2) is 0 Å². The zero-order chi connectivity index (χ0) is 14.3. The van der Waals surface area contributed by atoms with Gasteiger partial charge < -0.3 is 20.4 Å². The summed E-state index contributed by atoms with van der Waals surface area (Å²) in [7, 11) is 0. The smallest absolute Gasteiger partial charge is 0.317 e. The number of carbonyl (C=O) groups excluding carboxylic acids is 1. The maximum Gasteiger partial charge on any atom is 0.317 e. The summed E-state index contributed by atoms with van der Waals surface area (Å²) in [4.78, 5) is 13.4. The molecule has 0 aliphatic rings. The standard InChI is InChI=1S/C14H22N2O3/c1-3-16(8-9-17)14(19)15-11(2)10-12-4-6-13(18)7-5-12/h4-7,11,17-18H,3,8-10H2,1-2H3,(H,15,19). The van der Waals surface area contributed by atoms with Crippen molar-refractivity contribution in [3.05, 3.63) is 29.8 Å². The lowest BCUT2D eigenvalue weighted by Gasteiger charge is -2.23. The number of aliphatic hydroxyl groups excluding tert-OH is 1. The minimum Gasteiger partial charge on any atom is -0.508 e. The number of aliphatic hydroxyl groups is 1. The summed E-state index contributed by atoms with van der Waals surface area (Å²) in [5, 5.41) is 21.0. The van der Waals surface area contributed by atoms with Gasteiger partial charge in [-0.2, -0.15) is 0 Å². The fourth-order valence-electron chi connectivity index (χ4n) is 1.86. The fraction of sp³-hybridized carbons (Fsp3) is 0.500. The Bertz CT molecular complexity index is 392. The van der Waals surface area contributed by atoms with Gasteiger partial charge in [0.05, 0.1) is 6.61 Å². The average Bonchev–Trinajstić information content (AvgIpc) is 2.38. The normalized spacial score (nSPS) is 11.9. The van der Waals surface area contributed by atoms with Crippen molar-refractivity contribution in [2.24, 2.45) is 0 Å². The number of nitrogens with zero attached hydrogens (tertiary/aromatic N) is 1. The lowest BCUT2D eigenvalue weighted by atomic mass is 10.1. The highest BCUT2D eigenvalue weighted by Gasteiger charge is 2.13. The van der Waals surface area contributed by atoms with Gasteiger partial charge in [-0.05, 0) is 38.0 Å². The number of phenols is 1. The minimum absolute atomic E-state index is 0.00946. The second-order valence-electron chi connectivity index (χ2n) is 4.52. The first kappa shape index (κ1) is 15.3. The van der Waals surface area contributed by atoms with Crippen molar-refractivity contribution in [3.63, 3.8) is 0 Å². The summed E-state index contributed by atoms with van der Waals surface area (Å²) in [6, 6.07) is 6.77. The Balaban J connectivity index is 2.47. The largest absolute Gasteiger partial charge is 0.508 e. The molecule has 2 amide bonds. The molecule has 1 atom stereocenters.